The summed E-state index contributed by atoms with van der Waals surface area (Å²) in [4.78, 5) is 18.3. The Morgan fingerprint density at radius 2 is 2.00 bits per heavy atom. The minimum atomic E-state index is 0.705. The lowest BCUT2D eigenvalue weighted by atomic mass is 10.2. The third kappa shape index (κ3) is 3.61. The summed E-state index contributed by atoms with van der Waals surface area (Å²) in [6.07, 6.45) is 2.64. The van der Waals surface area contributed by atoms with Crippen LogP contribution in [0.4, 0.5) is 5.82 Å². The third-order valence-corrected chi connectivity index (χ3v) is 5.81. The van der Waals surface area contributed by atoms with Crippen LogP contribution in [0, 0.1) is 0 Å². The van der Waals surface area contributed by atoms with Crippen molar-refractivity contribution < 1.29 is 0 Å². The Morgan fingerprint density at radius 1 is 1.16 bits per heavy atom. The van der Waals surface area contributed by atoms with Crippen LogP contribution >= 0.6 is 22.9 Å². The average Bonchev–Trinajstić information content (AvgIpc) is 3.09. The lowest BCUT2D eigenvalue weighted by Crippen LogP contribution is -2.46. The summed E-state index contributed by atoms with van der Waals surface area (Å²) in [5.41, 5.74) is 2.09. The summed E-state index contributed by atoms with van der Waals surface area (Å²) in [6.45, 7) is 7.03. The zero-order valence-corrected chi connectivity index (χ0v) is 15.7. The Morgan fingerprint density at radius 3 is 2.76 bits per heavy atom. The number of aryl methyl sites for hydroxylation is 1. The molecule has 0 amide bonds. The van der Waals surface area contributed by atoms with Crippen LogP contribution in [0.5, 0.6) is 0 Å². The van der Waals surface area contributed by atoms with E-state index in [0.717, 1.165) is 55.9 Å². The van der Waals surface area contributed by atoms with Crippen molar-refractivity contribution in [2.24, 2.45) is 0 Å². The molecular formula is C18H20ClN5S. The molecule has 4 rings (SSSR count). The number of thiazole rings is 1. The van der Waals surface area contributed by atoms with E-state index in [1.54, 1.807) is 17.7 Å². The second kappa shape index (κ2) is 7.23. The number of piperazine rings is 1. The minimum Gasteiger partial charge on any atom is -0.353 e. The van der Waals surface area contributed by atoms with Crippen molar-refractivity contribution in [3.63, 3.8) is 0 Å². The van der Waals surface area contributed by atoms with Crippen molar-refractivity contribution >= 4 is 39.7 Å². The van der Waals surface area contributed by atoms with E-state index in [1.165, 1.54) is 10.7 Å². The maximum atomic E-state index is 6.08. The second-order valence-corrected chi connectivity index (χ2v) is 7.59. The highest BCUT2D eigenvalue weighted by molar-refractivity contribution is 7.09. The van der Waals surface area contributed by atoms with Crippen molar-refractivity contribution in [2.45, 2.75) is 19.9 Å². The van der Waals surface area contributed by atoms with Gasteiger partial charge in [0.05, 0.1) is 16.2 Å². The van der Waals surface area contributed by atoms with E-state index in [4.69, 9.17) is 11.6 Å². The molecule has 2 aromatic heterocycles. The maximum Gasteiger partial charge on any atom is 0.139 e. The summed E-state index contributed by atoms with van der Waals surface area (Å²) in [6, 6.07) is 5.81. The molecule has 0 N–H and O–H groups in total. The molecule has 1 saturated heterocycles. The van der Waals surface area contributed by atoms with E-state index in [0.29, 0.717) is 5.02 Å². The van der Waals surface area contributed by atoms with Gasteiger partial charge < -0.3 is 4.90 Å². The topological polar surface area (TPSA) is 45.2 Å². The average molecular weight is 374 g/mol. The normalized spacial score (nSPS) is 15.8. The van der Waals surface area contributed by atoms with Gasteiger partial charge in [0.25, 0.3) is 0 Å². The predicted molar refractivity (Wildman–Crippen MR) is 104 cm³/mol. The Bertz CT molecular complexity index is 873. The largest absolute Gasteiger partial charge is 0.353 e. The fourth-order valence-corrected chi connectivity index (χ4v) is 4.10. The van der Waals surface area contributed by atoms with Crippen LogP contribution in [-0.4, -0.2) is 46.0 Å². The van der Waals surface area contributed by atoms with Crippen LogP contribution in [0.3, 0.4) is 0 Å². The van der Waals surface area contributed by atoms with Gasteiger partial charge in [-0.1, -0.05) is 18.5 Å². The molecule has 1 aromatic carbocycles. The Balaban J connectivity index is 1.45. The summed E-state index contributed by atoms with van der Waals surface area (Å²) in [7, 11) is 0. The Kier molecular flexibility index (Phi) is 4.83. The van der Waals surface area contributed by atoms with Crippen LogP contribution in [0.2, 0.25) is 5.02 Å². The first-order valence-corrected chi connectivity index (χ1v) is 9.79. The molecule has 3 aromatic rings. The van der Waals surface area contributed by atoms with E-state index in [2.05, 4.69) is 37.1 Å². The van der Waals surface area contributed by atoms with Crippen molar-refractivity contribution in [3.8, 4) is 0 Å². The zero-order chi connectivity index (χ0) is 17.2. The summed E-state index contributed by atoms with van der Waals surface area (Å²) < 4.78 is 0. The van der Waals surface area contributed by atoms with Crippen LogP contribution in [0.15, 0.2) is 29.9 Å². The first kappa shape index (κ1) is 16.7. The van der Waals surface area contributed by atoms with Gasteiger partial charge in [-0.3, -0.25) is 4.90 Å². The predicted octanol–water partition coefficient (Wildman–Crippen LogP) is 3.62. The van der Waals surface area contributed by atoms with Crippen LogP contribution in [-0.2, 0) is 13.0 Å². The SMILES string of the molecule is CCc1nc(CN2CCN(c3ncnc4cc(Cl)ccc34)CC2)cs1. The smallest absolute Gasteiger partial charge is 0.139 e. The molecule has 130 valence electrons. The Hall–Kier alpha value is -1.76. The molecule has 1 fully saturated rings. The molecule has 1 aliphatic heterocycles. The van der Waals surface area contributed by atoms with E-state index in [9.17, 15) is 0 Å². The first-order chi connectivity index (χ1) is 12.2. The monoisotopic (exact) mass is 373 g/mol. The highest BCUT2D eigenvalue weighted by atomic mass is 35.5. The highest BCUT2D eigenvalue weighted by Crippen LogP contribution is 2.26. The maximum absolute atomic E-state index is 6.08. The van der Waals surface area contributed by atoms with E-state index < -0.39 is 0 Å². The molecule has 0 aliphatic carbocycles. The van der Waals surface area contributed by atoms with E-state index >= 15 is 0 Å². The number of fused-ring (bicyclic) bond motifs is 1. The highest BCUT2D eigenvalue weighted by Gasteiger charge is 2.20. The minimum absolute atomic E-state index is 0.705. The molecule has 3 heterocycles. The second-order valence-electron chi connectivity index (χ2n) is 6.21. The number of hydrogen-bond acceptors (Lipinski definition) is 6. The van der Waals surface area contributed by atoms with Gasteiger partial charge in [-0.05, 0) is 24.6 Å². The summed E-state index contributed by atoms with van der Waals surface area (Å²) >= 11 is 7.84. The molecule has 0 spiro atoms. The van der Waals surface area contributed by atoms with Crippen molar-refractivity contribution in [3.05, 3.63) is 45.6 Å². The van der Waals surface area contributed by atoms with Crippen molar-refractivity contribution in [2.75, 3.05) is 31.1 Å². The third-order valence-electron chi connectivity index (χ3n) is 4.54. The molecule has 5 nitrogen and oxygen atoms in total. The molecule has 0 atom stereocenters. The standard InChI is InChI=1S/C18H20ClN5S/c1-2-17-22-14(11-25-17)10-23-5-7-24(8-6-23)18-15-4-3-13(19)9-16(15)20-12-21-18/h3-4,9,11-12H,2,5-8,10H2,1H3. The van der Waals surface area contributed by atoms with E-state index in [-0.39, 0.29) is 0 Å². The van der Waals surface area contributed by atoms with Crippen LogP contribution in [0.25, 0.3) is 10.9 Å². The number of benzene rings is 1. The van der Waals surface area contributed by atoms with Gasteiger partial charge in [-0.15, -0.1) is 11.3 Å². The number of anilines is 1. The molecule has 0 unspecified atom stereocenters. The zero-order valence-electron chi connectivity index (χ0n) is 14.2. The van der Waals surface area contributed by atoms with Crippen LogP contribution in [0.1, 0.15) is 17.6 Å². The van der Waals surface area contributed by atoms with Gasteiger partial charge in [0, 0.05) is 48.5 Å². The number of aromatic nitrogens is 3. The fourth-order valence-electron chi connectivity index (χ4n) is 3.20. The molecule has 0 saturated carbocycles. The fraction of sp³-hybridized carbons (Fsp3) is 0.389. The van der Waals surface area contributed by atoms with Gasteiger partial charge in [0.15, 0.2) is 0 Å². The summed E-state index contributed by atoms with van der Waals surface area (Å²) in [5, 5.41) is 5.18. The number of halogens is 1. The van der Waals surface area contributed by atoms with Crippen LogP contribution < -0.4 is 4.90 Å². The molecule has 0 bridgehead atoms. The Labute approximate surface area is 156 Å². The van der Waals surface area contributed by atoms with Gasteiger partial charge in [0.2, 0.25) is 0 Å². The summed E-state index contributed by atoms with van der Waals surface area (Å²) in [5.74, 6) is 1.00. The van der Waals surface area contributed by atoms with Gasteiger partial charge in [-0.2, -0.15) is 0 Å². The molecule has 7 heteroatoms. The molecule has 25 heavy (non-hydrogen) atoms. The molecule has 0 radical (unpaired) electrons. The number of hydrogen-bond donors (Lipinski definition) is 0. The quantitative estimate of drug-likeness (QED) is 0.698. The van der Waals surface area contributed by atoms with Crippen molar-refractivity contribution in [1.29, 1.82) is 0 Å². The van der Waals surface area contributed by atoms with Crippen molar-refractivity contribution in [1.82, 2.24) is 19.9 Å². The van der Waals surface area contributed by atoms with E-state index in [1.807, 2.05) is 18.2 Å². The lowest BCUT2D eigenvalue weighted by Gasteiger charge is -2.35. The molecule has 1 aliphatic rings. The molecular weight excluding hydrogens is 354 g/mol. The lowest BCUT2D eigenvalue weighted by molar-refractivity contribution is 0.247. The first-order valence-electron chi connectivity index (χ1n) is 8.54. The van der Waals surface area contributed by atoms with Gasteiger partial charge in [-0.25, -0.2) is 15.0 Å². The van der Waals surface area contributed by atoms with Gasteiger partial charge >= 0.3 is 0 Å². The number of nitrogens with zero attached hydrogens (tertiary/aromatic N) is 5. The number of rotatable bonds is 4. The van der Waals surface area contributed by atoms with Gasteiger partial charge in [0.1, 0.15) is 12.1 Å².